The number of aryl methyl sites for hydroxylation is 2. The van der Waals surface area contributed by atoms with Crippen molar-refractivity contribution in [1.82, 2.24) is 0 Å². The van der Waals surface area contributed by atoms with E-state index in [0.717, 1.165) is 12.8 Å². The molecule has 0 fully saturated rings. The molecule has 0 radical (unpaired) electrons. The van der Waals surface area contributed by atoms with E-state index in [1.54, 1.807) is 0 Å². The molecule has 0 aromatic heterocycles. The molecule has 12 rings (SSSR count). The summed E-state index contributed by atoms with van der Waals surface area (Å²) in [6.07, 6.45) is 1.99. The van der Waals surface area contributed by atoms with Gasteiger partial charge in [0, 0.05) is 0 Å². The Morgan fingerprint density at radius 2 is 0.484 bits per heavy atom. The monoisotopic (exact) mass is 814 g/mol. The zero-order chi connectivity index (χ0) is 42.7. The second-order valence-electron chi connectivity index (χ2n) is 17.3. The molecule has 0 aliphatic rings. The van der Waals surface area contributed by atoms with Crippen LogP contribution in [0, 0.1) is 0 Å². The third-order valence-corrected chi connectivity index (χ3v) is 13.8. The predicted octanol–water partition coefficient (Wildman–Crippen LogP) is 18.1. The minimum Gasteiger partial charge on any atom is -0.0622 e. The molecule has 0 N–H and O–H groups in total. The van der Waals surface area contributed by atoms with Crippen LogP contribution < -0.4 is 0 Å². The van der Waals surface area contributed by atoms with Crippen molar-refractivity contribution in [3.8, 4) is 55.6 Å². The van der Waals surface area contributed by atoms with E-state index >= 15 is 0 Å². The maximum Gasteiger partial charge on any atom is -0.00921 e. The van der Waals surface area contributed by atoms with Crippen LogP contribution in [0.2, 0.25) is 0 Å². The van der Waals surface area contributed by atoms with E-state index in [4.69, 9.17) is 0 Å². The van der Waals surface area contributed by atoms with Crippen molar-refractivity contribution in [2.75, 3.05) is 0 Å². The molecule has 12 aromatic rings. The highest BCUT2D eigenvalue weighted by molar-refractivity contribution is 6.26. The van der Waals surface area contributed by atoms with Crippen molar-refractivity contribution in [2.45, 2.75) is 26.7 Å². The fourth-order valence-corrected chi connectivity index (χ4v) is 10.4. The van der Waals surface area contributed by atoms with E-state index in [2.05, 4.69) is 232 Å². The highest BCUT2D eigenvalue weighted by Crippen LogP contribution is 2.46. The molecule has 12 aromatic carbocycles. The van der Waals surface area contributed by atoms with Crippen LogP contribution in [-0.2, 0) is 12.8 Å². The lowest BCUT2D eigenvalue weighted by atomic mass is 9.85. The standard InChI is InChI=1S/C64H46/c1-3-41-25-29-51-57(33-41)55(45-21-13-7-14-22-45)39-63-59-35-47(27-31-49(59)53(37-61(51)63)43-17-9-5-10-18-43)48-28-32-50-54(44-19-11-6-12-20-44)38-62-52-30-26-42(4-2)34-58(52)56(40-64(62)60(50)36-48)46-23-15-8-16-24-46/h5-40H,3-4H2,1-2H3. The minimum absolute atomic E-state index is 0.996. The Bertz CT molecular complexity index is 3500. The number of hydrogen-bond donors (Lipinski definition) is 0. The molecule has 0 spiro atoms. The molecule has 302 valence electrons. The van der Waals surface area contributed by atoms with Gasteiger partial charge in [-0.2, -0.15) is 0 Å². The molecule has 0 bridgehead atoms. The summed E-state index contributed by atoms with van der Waals surface area (Å²) in [6, 6.07) is 82.1. The van der Waals surface area contributed by atoms with Gasteiger partial charge in [-0.3, -0.25) is 0 Å². The largest absolute Gasteiger partial charge is 0.0622 e. The van der Waals surface area contributed by atoms with Gasteiger partial charge in [-0.1, -0.05) is 196 Å². The second kappa shape index (κ2) is 15.5. The summed E-state index contributed by atoms with van der Waals surface area (Å²) in [5.74, 6) is 0. The van der Waals surface area contributed by atoms with Crippen molar-refractivity contribution in [2.24, 2.45) is 0 Å². The molecule has 0 heteroatoms. The normalized spacial score (nSPS) is 11.7. The van der Waals surface area contributed by atoms with Gasteiger partial charge in [0.1, 0.15) is 0 Å². The van der Waals surface area contributed by atoms with E-state index in [1.165, 1.54) is 131 Å². The van der Waals surface area contributed by atoms with Gasteiger partial charge < -0.3 is 0 Å². The van der Waals surface area contributed by atoms with Crippen LogP contribution >= 0.6 is 0 Å². The van der Waals surface area contributed by atoms with Crippen molar-refractivity contribution in [1.29, 1.82) is 0 Å². The lowest BCUT2D eigenvalue weighted by Gasteiger charge is -2.18. The molecule has 0 amide bonds. The Labute approximate surface area is 374 Å². The van der Waals surface area contributed by atoms with Crippen LogP contribution in [0.1, 0.15) is 25.0 Å². The summed E-state index contributed by atoms with van der Waals surface area (Å²) >= 11 is 0. The van der Waals surface area contributed by atoms with Gasteiger partial charge in [0.2, 0.25) is 0 Å². The van der Waals surface area contributed by atoms with E-state index in [9.17, 15) is 0 Å². The Balaban J connectivity index is 1.17. The zero-order valence-corrected chi connectivity index (χ0v) is 36.2. The van der Waals surface area contributed by atoms with E-state index in [-0.39, 0.29) is 0 Å². The molecule has 0 atom stereocenters. The first-order chi connectivity index (χ1) is 31.6. The first kappa shape index (κ1) is 37.9. The SMILES string of the molecule is CCc1ccc2c(c1)c(-c1ccccc1)cc1c3cc(-c4ccc5c(-c6ccccc6)cc6c7ccc(CC)cc7c(-c7ccccc7)cc6c5c4)ccc3c(-c3ccccc3)cc21. The van der Waals surface area contributed by atoms with E-state index < -0.39 is 0 Å². The van der Waals surface area contributed by atoms with Crippen molar-refractivity contribution in [3.05, 3.63) is 230 Å². The summed E-state index contributed by atoms with van der Waals surface area (Å²) in [5.41, 5.74) is 15.1. The summed E-state index contributed by atoms with van der Waals surface area (Å²) in [4.78, 5) is 0. The van der Waals surface area contributed by atoms with E-state index in [0.29, 0.717) is 0 Å². The van der Waals surface area contributed by atoms with Gasteiger partial charge in [0.05, 0.1) is 0 Å². The molecule has 64 heavy (non-hydrogen) atoms. The number of hydrogen-bond acceptors (Lipinski definition) is 0. The third kappa shape index (κ3) is 6.29. The van der Waals surface area contributed by atoms with Crippen molar-refractivity contribution < 1.29 is 0 Å². The molecule has 0 nitrogen and oxygen atoms in total. The van der Waals surface area contributed by atoms with Crippen LogP contribution in [0.25, 0.3) is 120 Å². The number of fused-ring (bicyclic) bond motifs is 10. The molecule has 0 aliphatic heterocycles. The molecule has 0 saturated carbocycles. The molecular formula is C64H46. The predicted molar refractivity (Wildman–Crippen MR) is 277 cm³/mol. The molecule has 0 heterocycles. The smallest absolute Gasteiger partial charge is 0.00921 e. The Morgan fingerprint density at radius 3 is 0.812 bits per heavy atom. The average Bonchev–Trinajstić information content (AvgIpc) is 3.37. The average molecular weight is 815 g/mol. The molecule has 0 aliphatic carbocycles. The second-order valence-corrected chi connectivity index (χ2v) is 17.3. The van der Waals surface area contributed by atoms with E-state index in [1.807, 2.05) is 0 Å². The lowest BCUT2D eigenvalue weighted by molar-refractivity contribution is 1.15. The number of benzene rings is 12. The maximum absolute atomic E-state index is 2.47. The van der Waals surface area contributed by atoms with Gasteiger partial charge >= 0.3 is 0 Å². The Morgan fingerprint density at radius 1 is 0.203 bits per heavy atom. The fourth-order valence-electron chi connectivity index (χ4n) is 10.4. The van der Waals surface area contributed by atoms with Crippen LogP contribution in [0.3, 0.4) is 0 Å². The summed E-state index contributed by atoms with van der Waals surface area (Å²) in [5, 5.41) is 15.3. The maximum atomic E-state index is 2.47. The molecule has 0 saturated heterocycles. The third-order valence-electron chi connectivity index (χ3n) is 13.8. The van der Waals surface area contributed by atoms with Crippen LogP contribution in [0.5, 0.6) is 0 Å². The first-order valence-corrected chi connectivity index (χ1v) is 22.8. The molecule has 0 unspecified atom stereocenters. The van der Waals surface area contributed by atoms with Crippen LogP contribution in [-0.4, -0.2) is 0 Å². The topological polar surface area (TPSA) is 0 Å². The van der Waals surface area contributed by atoms with Gasteiger partial charge in [-0.25, -0.2) is 0 Å². The van der Waals surface area contributed by atoms with Gasteiger partial charge in [-0.15, -0.1) is 0 Å². The highest BCUT2D eigenvalue weighted by Gasteiger charge is 2.19. The first-order valence-electron chi connectivity index (χ1n) is 22.8. The minimum atomic E-state index is 0.996. The van der Waals surface area contributed by atoms with Gasteiger partial charge in [-0.05, 0) is 181 Å². The van der Waals surface area contributed by atoms with Crippen LogP contribution in [0.4, 0.5) is 0 Å². The lowest BCUT2D eigenvalue weighted by Crippen LogP contribution is -1.92. The highest BCUT2D eigenvalue weighted by atomic mass is 14.2. The number of rotatable bonds is 7. The summed E-state index contributed by atoms with van der Waals surface area (Å²) in [6.45, 7) is 4.49. The quantitative estimate of drug-likeness (QED) is 0.141. The fraction of sp³-hybridized carbons (Fsp3) is 0.0625. The molecular weight excluding hydrogens is 769 g/mol. The van der Waals surface area contributed by atoms with Crippen LogP contribution in [0.15, 0.2) is 218 Å². The summed E-state index contributed by atoms with van der Waals surface area (Å²) < 4.78 is 0. The Kier molecular flexibility index (Phi) is 9.20. The van der Waals surface area contributed by atoms with Crippen molar-refractivity contribution in [3.63, 3.8) is 0 Å². The van der Waals surface area contributed by atoms with Gasteiger partial charge in [0.15, 0.2) is 0 Å². The zero-order valence-electron chi connectivity index (χ0n) is 36.2. The Hall–Kier alpha value is -7.80. The van der Waals surface area contributed by atoms with Gasteiger partial charge in [0.25, 0.3) is 0 Å². The summed E-state index contributed by atoms with van der Waals surface area (Å²) in [7, 11) is 0. The van der Waals surface area contributed by atoms with Crippen molar-refractivity contribution >= 4 is 64.6 Å².